The van der Waals surface area contributed by atoms with Crippen LogP contribution in [0.3, 0.4) is 0 Å². The summed E-state index contributed by atoms with van der Waals surface area (Å²) < 4.78 is 0. The summed E-state index contributed by atoms with van der Waals surface area (Å²) in [7, 11) is 0. The van der Waals surface area contributed by atoms with Crippen molar-refractivity contribution in [2.24, 2.45) is 11.3 Å². The highest BCUT2D eigenvalue weighted by Gasteiger charge is 2.45. The standard InChI is InChI=1S/C15H16O/c16-14(10-12-4-2-1-3-5-12)15-8-6-13(11-15)7-9-15/h1-6,8,13H,7,9-11H2. The molecule has 0 heterocycles. The van der Waals surface area contributed by atoms with Crippen LogP contribution >= 0.6 is 0 Å². The first-order valence-electron chi connectivity index (χ1n) is 6.05. The fraction of sp³-hybridized carbons (Fsp3) is 0.400. The maximum Gasteiger partial charge on any atom is 0.147 e. The predicted molar refractivity (Wildman–Crippen MR) is 64.1 cm³/mol. The molecule has 2 bridgehead atoms. The van der Waals surface area contributed by atoms with Gasteiger partial charge in [-0.05, 0) is 30.7 Å². The predicted octanol–water partition coefficient (Wildman–Crippen LogP) is 3.15. The van der Waals surface area contributed by atoms with E-state index in [0.717, 1.165) is 18.4 Å². The third-order valence-corrected chi connectivity index (χ3v) is 4.04. The third kappa shape index (κ3) is 1.51. The Morgan fingerprint density at radius 3 is 2.69 bits per heavy atom. The minimum absolute atomic E-state index is 0.0967. The largest absolute Gasteiger partial charge is 0.298 e. The molecular weight excluding hydrogens is 196 g/mol. The Morgan fingerprint density at radius 1 is 1.31 bits per heavy atom. The molecule has 1 saturated carbocycles. The highest BCUT2D eigenvalue weighted by Crippen LogP contribution is 2.50. The SMILES string of the molecule is O=C(Cc1ccccc1)C12C=CC(CC1)C2. The van der Waals surface area contributed by atoms with Gasteiger partial charge in [-0.2, -0.15) is 0 Å². The average molecular weight is 212 g/mol. The summed E-state index contributed by atoms with van der Waals surface area (Å²) in [5.74, 6) is 1.09. The quantitative estimate of drug-likeness (QED) is 0.703. The highest BCUT2D eigenvalue weighted by molar-refractivity contribution is 5.89. The van der Waals surface area contributed by atoms with E-state index in [0.29, 0.717) is 18.1 Å². The van der Waals surface area contributed by atoms with E-state index in [2.05, 4.69) is 12.2 Å². The molecule has 2 aliphatic carbocycles. The Balaban J connectivity index is 1.77. The van der Waals surface area contributed by atoms with Crippen molar-refractivity contribution in [2.45, 2.75) is 25.7 Å². The minimum atomic E-state index is -0.0967. The van der Waals surface area contributed by atoms with Crippen molar-refractivity contribution < 1.29 is 4.79 Å². The molecule has 1 heteroatoms. The molecule has 1 aromatic carbocycles. The van der Waals surface area contributed by atoms with E-state index in [1.165, 1.54) is 6.42 Å². The summed E-state index contributed by atoms with van der Waals surface area (Å²) in [5, 5.41) is 0. The molecule has 82 valence electrons. The van der Waals surface area contributed by atoms with Gasteiger partial charge in [-0.15, -0.1) is 0 Å². The summed E-state index contributed by atoms with van der Waals surface area (Å²) in [6.45, 7) is 0. The number of carbonyl (C=O) groups is 1. The van der Waals surface area contributed by atoms with Crippen molar-refractivity contribution in [3.05, 3.63) is 48.0 Å². The molecule has 2 unspecified atom stereocenters. The van der Waals surface area contributed by atoms with Crippen molar-refractivity contribution in [3.63, 3.8) is 0 Å². The van der Waals surface area contributed by atoms with Crippen LogP contribution in [0.2, 0.25) is 0 Å². The Bertz CT molecular complexity index is 432. The van der Waals surface area contributed by atoms with Crippen LogP contribution in [0.25, 0.3) is 0 Å². The number of Topliss-reactive ketones (excluding diaryl/α,β-unsaturated/α-hetero) is 1. The second kappa shape index (κ2) is 3.58. The van der Waals surface area contributed by atoms with Gasteiger partial charge in [0, 0.05) is 11.8 Å². The van der Waals surface area contributed by atoms with Crippen molar-refractivity contribution in [2.75, 3.05) is 0 Å². The second-order valence-electron chi connectivity index (χ2n) is 5.10. The van der Waals surface area contributed by atoms with Crippen LogP contribution in [0.4, 0.5) is 0 Å². The minimum Gasteiger partial charge on any atom is -0.298 e. The summed E-state index contributed by atoms with van der Waals surface area (Å²) in [6, 6.07) is 10.1. The zero-order valence-electron chi connectivity index (χ0n) is 9.36. The van der Waals surface area contributed by atoms with E-state index in [-0.39, 0.29) is 5.41 Å². The zero-order chi connectivity index (χ0) is 11.0. The Morgan fingerprint density at radius 2 is 2.12 bits per heavy atom. The first-order chi connectivity index (χ1) is 7.78. The topological polar surface area (TPSA) is 17.1 Å². The molecule has 1 nitrogen and oxygen atoms in total. The van der Waals surface area contributed by atoms with Crippen LogP contribution in [0.1, 0.15) is 24.8 Å². The van der Waals surface area contributed by atoms with Gasteiger partial charge in [0.15, 0.2) is 0 Å². The van der Waals surface area contributed by atoms with Crippen LogP contribution in [-0.2, 0) is 11.2 Å². The second-order valence-corrected chi connectivity index (χ2v) is 5.10. The van der Waals surface area contributed by atoms with E-state index in [4.69, 9.17) is 0 Å². The van der Waals surface area contributed by atoms with Gasteiger partial charge < -0.3 is 0 Å². The number of benzene rings is 1. The molecule has 0 spiro atoms. The summed E-state index contributed by atoms with van der Waals surface area (Å²) in [6.07, 6.45) is 8.35. The molecule has 1 fully saturated rings. The van der Waals surface area contributed by atoms with E-state index < -0.39 is 0 Å². The van der Waals surface area contributed by atoms with Crippen molar-refractivity contribution in [1.82, 2.24) is 0 Å². The highest BCUT2D eigenvalue weighted by atomic mass is 16.1. The van der Waals surface area contributed by atoms with Crippen molar-refractivity contribution >= 4 is 5.78 Å². The first kappa shape index (κ1) is 9.83. The molecule has 2 atom stereocenters. The molecule has 16 heavy (non-hydrogen) atoms. The molecule has 0 radical (unpaired) electrons. The lowest BCUT2D eigenvalue weighted by Gasteiger charge is -2.21. The monoisotopic (exact) mass is 212 g/mol. The summed E-state index contributed by atoms with van der Waals surface area (Å²) in [4.78, 5) is 12.3. The fourth-order valence-electron chi connectivity index (χ4n) is 3.05. The lowest BCUT2D eigenvalue weighted by molar-refractivity contribution is -0.125. The lowest BCUT2D eigenvalue weighted by Crippen LogP contribution is -2.26. The summed E-state index contributed by atoms with van der Waals surface area (Å²) >= 11 is 0. The molecule has 0 aromatic heterocycles. The fourth-order valence-corrected chi connectivity index (χ4v) is 3.05. The van der Waals surface area contributed by atoms with Crippen LogP contribution in [0.15, 0.2) is 42.5 Å². The van der Waals surface area contributed by atoms with Gasteiger partial charge >= 0.3 is 0 Å². The van der Waals surface area contributed by atoms with Crippen molar-refractivity contribution in [1.29, 1.82) is 0 Å². The molecule has 0 amide bonds. The smallest absolute Gasteiger partial charge is 0.147 e. The third-order valence-electron chi connectivity index (χ3n) is 4.04. The van der Waals surface area contributed by atoms with Crippen LogP contribution in [0.5, 0.6) is 0 Å². The Labute approximate surface area is 96.2 Å². The van der Waals surface area contributed by atoms with Gasteiger partial charge in [-0.25, -0.2) is 0 Å². The van der Waals surface area contributed by atoms with E-state index in [1.807, 2.05) is 30.3 Å². The van der Waals surface area contributed by atoms with Gasteiger partial charge in [-0.3, -0.25) is 4.79 Å². The Hall–Kier alpha value is -1.37. The maximum atomic E-state index is 12.3. The Kier molecular flexibility index (Phi) is 2.20. The van der Waals surface area contributed by atoms with E-state index in [1.54, 1.807) is 0 Å². The van der Waals surface area contributed by atoms with Crippen molar-refractivity contribution in [3.8, 4) is 0 Å². The number of carbonyl (C=O) groups excluding carboxylic acids is 1. The molecular formula is C15H16O. The van der Waals surface area contributed by atoms with Crippen LogP contribution in [0, 0.1) is 11.3 Å². The lowest BCUT2D eigenvalue weighted by atomic mass is 9.80. The van der Waals surface area contributed by atoms with Gasteiger partial charge in [0.2, 0.25) is 0 Å². The van der Waals surface area contributed by atoms with Crippen LogP contribution < -0.4 is 0 Å². The zero-order valence-corrected chi connectivity index (χ0v) is 9.36. The number of fused-ring (bicyclic) bond motifs is 2. The molecule has 1 aromatic rings. The number of hydrogen-bond acceptors (Lipinski definition) is 1. The number of allylic oxidation sites excluding steroid dienone is 2. The number of hydrogen-bond donors (Lipinski definition) is 0. The maximum absolute atomic E-state index is 12.3. The number of rotatable bonds is 3. The van der Waals surface area contributed by atoms with Gasteiger partial charge in [0.05, 0.1) is 0 Å². The van der Waals surface area contributed by atoms with Crippen LogP contribution in [-0.4, -0.2) is 5.78 Å². The molecule has 2 aliphatic rings. The number of ketones is 1. The van der Waals surface area contributed by atoms with E-state index >= 15 is 0 Å². The van der Waals surface area contributed by atoms with Gasteiger partial charge in [-0.1, -0.05) is 42.5 Å². The molecule has 3 rings (SSSR count). The molecule has 0 aliphatic heterocycles. The average Bonchev–Trinajstić information content (AvgIpc) is 2.91. The van der Waals surface area contributed by atoms with Gasteiger partial charge in [0.1, 0.15) is 5.78 Å². The normalized spacial score (nSPS) is 30.9. The first-order valence-corrected chi connectivity index (χ1v) is 6.05. The van der Waals surface area contributed by atoms with E-state index in [9.17, 15) is 4.79 Å². The summed E-state index contributed by atoms with van der Waals surface area (Å²) in [5.41, 5.74) is 1.05. The molecule has 0 saturated heterocycles. The van der Waals surface area contributed by atoms with Gasteiger partial charge in [0.25, 0.3) is 0 Å². The molecule has 0 N–H and O–H groups in total.